The molecule has 0 radical (unpaired) electrons. The Morgan fingerprint density at radius 1 is 1.00 bits per heavy atom. The van der Waals surface area contributed by atoms with Gasteiger partial charge in [-0.05, 0) is 12.8 Å². The zero-order valence-corrected chi connectivity index (χ0v) is 6.28. The van der Waals surface area contributed by atoms with Crippen LogP contribution in [0, 0.1) is 0 Å². The van der Waals surface area contributed by atoms with Crippen molar-refractivity contribution in [3.8, 4) is 0 Å². The van der Waals surface area contributed by atoms with Gasteiger partial charge in [-0.1, -0.05) is 10.3 Å². The SMILES string of the molecule is CON=CCCC=NOC. The van der Waals surface area contributed by atoms with E-state index in [0.29, 0.717) is 0 Å². The quantitative estimate of drug-likeness (QED) is 0.328. The Morgan fingerprint density at radius 3 is 1.70 bits per heavy atom. The number of unbranched alkanes of at least 4 members (excludes halogenated alkanes) is 1. The number of hydrogen-bond donors (Lipinski definition) is 0. The Morgan fingerprint density at radius 2 is 1.40 bits per heavy atom. The number of rotatable bonds is 5. The van der Waals surface area contributed by atoms with E-state index in [9.17, 15) is 0 Å². The zero-order chi connectivity index (χ0) is 7.66. The molecule has 0 aliphatic carbocycles. The standard InChI is InChI=1S/C6H12N2O2/c1-9-7-5-3-4-6-8-10-2/h5-6H,3-4H2,1-2H3. The molecule has 0 aliphatic rings. The smallest absolute Gasteiger partial charge is 0.106 e. The predicted molar refractivity (Wildman–Crippen MR) is 40.2 cm³/mol. The molecule has 4 nitrogen and oxygen atoms in total. The maximum atomic E-state index is 4.44. The molecule has 0 amide bonds. The summed E-state index contributed by atoms with van der Waals surface area (Å²) in [5.41, 5.74) is 0. The number of nitrogens with zero attached hydrogens (tertiary/aromatic N) is 2. The second-order valence-electron chi connectivity index (χ2n) is 1.52. The van der Waals surface area contributed by atoms with Crippen molar-refractivity contribution in [2.45, 2.75) is 12.8 Å². The molecule has 0 spiro atoms. The van der Waals surface area contributed by atoms with Gasteiger partial charge in [0.05, 0.1) is 0 Å². The van der Waals surface area contributed by atoms with Gasteiger partial charge in [0, 0.05) is 12.4 Å². The summed E-state index contributed by atoms with van der Waals surface area (Å²) < 4.78 is 0. The lowest BCUT2D eigenvalue weighted by atomic mass is 10.4. The van der Waals surface area contributed by atoms with E-state index < -0.39 is 0 Å². The lowest BCUT2D eigenvalue weighted by molar-refractivity contribution is 0.213. The van der Waals surface area contributed by atoms with Gasteiger partial charge in [0.1, 0.15) is 14.2 Å². The maximum Gasteiger partial charge on any atom is 0.106 e. The van der Waals surface area contributed by atoms with E-state index in [2.05, 4.69) is 20.0 Å². The molecule has 0 saturated carbocycles. The number of oxime groups is 2. The summed E-state index contributed by atoms with van der Waals surface area (Å²) in [4.78, 5) is 8.88. The fourth-order valence-electron chi connectivity index (χ4n) is 0.404. The molecule has 0 bridgehead atoms. The van der Waals surface area contributed by atoms with Gasteiger partial charge in [-0.2, -0.15) is 0 Å². The molecule has 0 rings (SSSR count). The third kappa shape index (κ3) is 6.94. The van der Waals surface area contributed by atoms with Crippen molar-refractivity contribution in [3.63, 3.8) is 0 Å². The van der Waals surface area contributed by atoms with Gasteiger partial charge in [0.15, 0.2) is 0 Å². The van der Waals surface area contributed by atoms with E-state index >= 15 is 0 Å². The summed E-state index contributed by atoms with van der Waals surface area (Å²) in [6, 6.07) is 0. The van der Waals surface area contributed by atoms with Crippen molar-refractivity contribution in [1.29, 1.82) is 0 Å². The summed E-state index contributed by atoms with van der Waals surface area (Å²) >= 11 is 0. The van der Waals surface area contributed by atoms with Gasteiger partial charge in [-0.25, -0.2) is 0 Å². The maximum absolute atomic E-state index is 4.44. The van der Waals surface area contributed by atoms with Crippen molar-refractivity contribution >= 4 is 12.4 Å². The Balaban J connectivity index is 3.04. The predicted octanol–water partition coefficient (Wildman–Crippen LogP) is 1.03. The largest absolute Gasteiger partial charge is 0.399 e. The van der Waals surface area contributed by atoms with Crippen LogP contribution in [-0.2, 0) is 9.68 Å². The second-order valence-corrected chi connectivity index (χ2v) is 1.52. The molecular formula is C6H12N2O2. The molecule has 0 aromatic heterocycles. The van der Waals surface area contributed by atoms with Crippen LogP contribution in [0.15, 0.2) is 10.3 Å². The minimum atomic E-state index is 0.820. The van der Waals surface area contributed by atoms with Crippen LogP contribution in [0.5, 0.6) is 0 Å². The van der Waals surface area contributed by atoms with Crippen LogP contribution in [0.4, 0.5) is 0 Å². The highest BCUT2D eigenvalue weighted by molar-refractivity contribution is 5.65. The fourth-order valence-corrected chi connectivity index (χ4v) is 0.404. The molecule has 0 aliphatic heterocycles. The highest BCUT2D eigenvalue weighted by Crippen LogP contribution is 1.81. The van der Waals surface area contributed by atoms with E-state index in [-0.39, 0.29) is 0 Å². The first-order valence-electron chi connectivity index (χ1n) is 3.01. The van der Waals surface area contributed by atoms with Crippen LogP contribution in [0.3, 0.4) is 0 Å². The van der Waals surface area contributed by atoms with Gasteiger partial charge in [0.25, 0.3) is 0 Å². The Labute approximate surface area is 60.5 Å². The first kappa shape index (κ1) is 8.94. The van der Waals surface area contributed by atoms with E-state index in [1.165, 1.54) is 14.2 Å². The van der Waals surface area contributed by atoms with E-state index in [1.807, 2.05) is 0 Å². The minimum absolute atomic E-state index is 0.820. The summed E-state index contributed by atoms with van der Waals surface area (Å²) in [5.74, 6) is 0. The van der Waals surface area contributed by atoms with Gasteiger partial charge in [-0.3, -0.25) is 0 Å². The topological polar surface area (TPSA) is 43.2 Å². The third-order valence-electron chi connectivity index (χ3n) is 0.785. The van der Waals surface area contributed by atoms with Crippen molar-refractivity contribution in [1.82, 2.24) is 0 Å². The van der Waals surface area contributed by atoms with Gasteiger partial charge >= 0.3 is 0 Å². The van der Waals surface area contributed by atoms with Crippen LogP contribution in [0.1, 0.15) is 12.8 Å². The molecule has 0 atom stereocenters. The van der Waals surface area contributed by atoms with E-state index in [0.717, 1.165) is 12.8 Å². The molecule has 58 valence electrons. The van der Waals surface area contributed by atoms with E-state index in [4.69, 9.17) is 0 Å². The molecule has 0 fully saturated rings. The van der Waals surface area contributed by atoms with Crippen molar-refractivity contribution in [3.05, 3.63) is 0 Å². The zero-order valence-electron chi connectivity index (χ0n) is 6.28. The highest BCUT2D eigenvalue weighted by atomic mass is 16.6. The minimum Gasteiger partial charge on any atom is -0.399 e. The Hall–Kier alpha value is -1.06. The molecule has 0 heterocycles. The molecule has 0 aromatic rings. The molecular weight excluding hydrogens is 132 g/mol. The van der Waals surface area contributed by atoms with Crippen molar-refractivity contribution < 1.29 is 9.68 Å². The van der Waals surface area contributed by atoms with Crippen LogP contribution in [0.2, 0.25) is 0 Å². The fraction of sp³-hybridized carbons (Fsp3) is 0.667. The van der Waals surface area contributed by atoms with Crippen LogP contribution >= 0.6 is 0 Å². The summed E-state index contributed by atoms with van der Waals surface area (Å²) in [6.07, 6.45) is 5.00. The average Bonchev–Trinajstić information content (AvgIpc) is 1.97. The van der Waals surface area contributed by atoms with Gasteiger partial charge in [0.2, 0.25) is 0 Å². The molecule has 0 aromatic carbocycles. The molecule has 4 heteroatoms. The molecule has 0 N–H and O–H groups in total. The molecule has 0 unspecified atom stereocenters. The van der Waals surface area contributed by atoms with Crippen LogP contribution in [-0.4, -0.2) is 26.6 Å². The number of hydrogen-bond acceptors (Lipinski definition) is 4. The van der Waals surface area contributed by atoms with Crippen LogP contribution < -0.4 is 0 Å². The molecule has 10 heavy (non-hydrogen) atoms. The van der Waals surface area contributed by atoms with Gasteiger partial charge in [-0.15, -0.1) is 0 Å². The van der Waals surface area contributed by atoms with Gasteiger partial charge < -0.3 is 9.68 Å². The van der Waals surface area contributed by atoms with Crippen LogP contribution in [0.25, 0.3) is 0 Å². The van der Waals surface area contributed by atoms with Crippen molar-refractivity contribution in [2.24, 2.45) is 10.3 Å². The highest BCUT2D eigenvalue weighted by Gasteiger charge is 1.76. The monoisotopic (exact) mass is 144 g/mol. The third-order valence-corrected chi connectivity index (χ3v) is 0.785. The molecule has 0 saturated heterocycles. The average molecular weight is 144 g/mol. The van der Waals surface area contributed by atoms with E-state index in [1.54, 1.807) is 12.4 Å². The van der Waals surface area contributed by atoms with Crippen molar-refractivity contribution in [2.75, 3.05) is 14.2 Å². The summed E-state index contributed by atoms with van der Waals surface area (Å²) in [7, 11) is 3.03. The Bertz CT molecular complexity index is 98.3. The summed E-state index contributed by atoms with van der Waals surface area (Å²) in [6.45, 7) is 0. The second kappa shape index (κ2) is 7.94. The lowest BCUT2D eigenvalue weighted by Crippen LogP contribution is -1.80. The Kier molecular flexibility index (Phi) is 7.10. The first-order chi connectivity index (χ1) is 4.91. The first-order valence-corrected chi connectivity index (χ1v) is 3.01. The lowest BCUT2D eigenvalue weighted by Gasteiger charge is -1.85. The normalized spacial score (nSPS) is 11.0. The summed E-state index contributed by atoms with van der Waals surface area (Å²) in [5, 5.41) is 7.08.